The van der Waals surface area contributed by atoms with Crippen molar-refractivity contribution in [2.24, 2.45) is 0 Å². The van der Waals surface area contributed by atoms with Crippen LogP contribution in [-0.4, -0.2) is 32.2 Å². The zero-order chi connectivity index (χ0) is 21.1. The highest BCUT2D eigenvalue weighted by Gasteiger charge is 2.27. The SMILES string of the molecule is Cc1ccccc1-n1nnnc1[C@H](c1ccccc1)N(C)Cc1ccc(F)cc1F. The lowest BCUT2D eigenvalue weighted by Crippen LogP contribution is -2.28. The number of halogens is 2. The van der Waals surface area contributed by atoms with E-state index >= 15 is 0 Å². The molecule has 0 spiro atoms. The molecule has 1 heterocycles. The fourth-order valence-electron chi connectivity index (χ4n) is 3.58. The van der Waals surface area contributed by atoms with Gasteiger partial charge in [-0.15, -0.1) is 5.10 Å². The van der Waals surface area contributed by atoms with E-state index in [0.29, 0.717) is 11.4 Å². The van der Waals surface area contributed by atoms with Gasteiger partial charge in [0, 0.05) is 18.2 Å². The lowest BCUT2D eigenvalue weighted by molar-refractivity contribution is 0.254. The minimum Gasteiger partial charge on any atom is -0.288 e. The first-order valence-electron chi connectivity index (χ1n) is 9.58. The number of hydrogen-bond acceptors (Lipinski definition) is 4. The summed E-state index contributed by atoms with van der Waals surface area (Å²) in [6, 6.07) is 20.9. The van der Waals surface area contributed by atoms with Crippen molar-refractivity contribution < 1.29 is 8.78 Å². The fraction of sp³-hybridized carbons (Fsp3) is 0.174. The summed E-state index contributed by atoms with van der Waals surface area (Å²) in [7, 11) is 1.87. The lowest BCUT2D eigenvalue weighted by Gasteiger charge is -2.28. The average Bonchev–Trinajstić information content (AvgIpc) is 3.20. The molecular formula is C23H21F2N5. The number of hydrogen-bond donors (Lipinski definition) is 0. The Labute approximate surface area is 173 Å². The molecule has 0 saturated carbocycles. The second kappa shape index (κ2) is 8.51. The topological polar surface area (TPSA) is 46.8 Å². The van der Waals surface area contributed by atoms with Gasteiger partial charge in [-0.05, 0) is 47.7 Å². The highest BCUT2D eigenvalue weighted by Crippen LogP contribution is 2.29. The van der Waals surface area contributed by atoms with Crippen LogP contribution in [0.2, 0.25) is 0 Å². The smallest absolute Gasteiger partial charge is 0.178 e. The summed E-state index contributed by atoms with van der Waals surface area (Å²) in [5, 5.41) is 12.5. The molecule has 0 unspecified atom stereocenters. The summed E-state index contributed by atoms with van der Waals surface area (Å²) in [6.45, 7) is 2.25. The van der Waals surface area contributed by atoms with Crippen molar-refractivity contribution in [1.29, 1.82) is 0 Å². The Kier molecular flexibility index (Phi) is 5.63. The quantitative estimate of drug-likeness (QED) is 0.475. The first kappa shape index (κ1) is 19.8. The van der Waals surface area contributed by atoms with E-state index in [4.69, 9.17) is 0 Å². The first-order chi connectivity index (χ1) is 14.5. The average molecular weight is 405 g/mol. The van der Waals surface area contributed by atoms with Crippen molar-refractivity contribution in [3.63, 3.8) is 0 Å². The van der Waals surface area contributed by atoms with Gasteiger partial charge < -0.3 is 0 Å². The molecule has 0 aliphatic rings. The normalized spacial score (nSPS) is 12.3. The van der Waals surface area contributed by atoms with E-state index in [9.17, 15) is 8.78 Å². The Morgan fingerprint density at radius 1 is 0.967 bits per heavy atom. The van der Waals surface area contributed by atoms with E-state index in [1.807, 2.05) is 73.5 Å². The number of aromatic nitrogens is 4. The third-order valence-electron chi connectivity index (χ3n) is 5.07. The molecule has 5 nitrogen and oxygen atoms in total. The number of tetrazole rings is 1. The Bertz CT molecular complexity index is 1140. The molecule has 0 N–H and O–H groups in total. The van der Waals surface area contributed by atoms with E-state index < -0.39 is 11.6 Å². The van der Waals surface area contributed by atoms with Crippen LogP contribution in [0.3, 0.4) is 0 Å². The van der Waals surface area contributed by atoms with Crippen LogP contribution >= 0.6 is 0 Å². The van der Waals surface area contributed by atoms with Crippen LogP contribution in [0, 0.1) is 18.6 Å². The maximum absolute atomic E-state index is 14.3. The van der Waals surface area contributed by atoms with E-state index in [2.05, 4.69) is 15.5 Å². The molecule has 0 aliphatic heterocycles. The molecule has 4 rings (SSSR count). The molecular weight excluding hydrogens is 384 g/mol. The third kappa shape index (κ3) is 3.97. The largest absolute Gasteiger partial charge is 0.288 e. The van der Waals surface area contributed by atoms with Crippen LogP contribution < -0.4 is 0 Å². The van der Waals surface area contributed by atoms with Gasteiger partial charge in [-0.25, -0.2) is 8.78 Å². The van der Waals surface area contributed by atoms with Gasteiger partial charge in [0.05, 0.1) is 11.7 Å². The van der Waals surface area contributed by atoms with Crippen LogP contribution in [0.25, 0.3) is 5.69 Å². The predicted octanol–water partition coefficient (Wildman–Crippen LogP) is 4.47. The molecule has 1 aromatic heterocycles. The molecule has 3 aromatic carbocycles. The van der Waals surface area contributed by atoms with Gasteiger partial charge in [-0.2, -0.15) is 4.68 Å². The molecule has 152 valence electrons. The molecule has 30 heavy (non-hydrogen) atoms. The number of benzene rings is 3. The van der Waals surface area contributed by atoms with Crippen molar-refractivity contribution in [3.8, 4) is 5.69 Å². The van der Waals surface area contributed by atoms with E-state index in [0.717, 1.165) is 22.9 Å². The van der Waals surface area contributed by atoms with Gasteiger partial charge in [0.15, 0.2) is 5.82 Å². The zero-order valence-electron chi connectivity index (χ0n) is 16.7. The molecule has 0 fully saturated rings. The van der Waals surface area contributed by atoms with Crippen molar-refractivity contribution in [3.05, 3.63) is 107 Å². The van der Waals surface area contributed by atoms with Crippen molar-refractivity contribution >= 4 is 0 Å². The Hall–Kier alpha value is -3.45. The van der Waals surface area contributed by atoms with Gasteiger partial charge >= 0.3 is 0 Å². The standard InChI is InChI=1S/C23H21F2N5/c1-16-8-6-7-11-21(16)30-23(26-27-28-30)22(17-9-4-3-5-10-17)29(2)15-18-12-13-19(24)14-20(18)25/h3-14,22H,15H2,1-2H3/t22-/m0/s1. The second-order valence-corrected chi connectivity index (χ2v) is 7.20. The summed E-state index contributed by atoms with van der Waals surface area (Å²) in [6.07, 6.45) is 0. The molecule has 0 aliphatic carbocycles. The lowest BCUT2D eigenvalue weighted by atomic mass is 10.0. The molecule has 1 atom stereocenters. The van der Waals surface area contributed by atoms with Gasteiger partial charge in [-0.1, -0.05) is 54.6 Å². The van der Waals surface area contributed by atoms with Crippen molar-refractivity contribution in [2.45, 2.75) is 19.5 Å². The van der Waals surface area contributed by atoms with Crippen molar-refractivity contribution in [1.82, 2.24) is 25.1 Å². The van der Waals surface area contributed by atoms with Crippen LogP contribution in [0.1, 0.15) is 28.6 Å². The number of rotatable bonds is 6. The third-order valence-corrected chi connectivity index (χ3v) is 5.07. The summed E-state index contributed by atoms with van der Waals surface area (Å²) in [4.78, 5) is 1.95. The molecule has 0 radical (unpaired) electrons. The Morgan fingerprint density at radius 3 is 2.43 bits per heavy atom. The molecule has 7 heteroatoms. The minimum atomic E-state index is -0.595. The fourth-order valence-corrected chi connectivity index (χ4v) is 3.58. The molecule has 0 bridgehead atoms. The Balaban J connectivity index is 1.77. The van der Waals surface area contributed by atoms with Gasteiger partial charge in [0.2, 0.25) is 0 Å². The number of aryl methyl sites for hydroxylation is 1. The van der Waals surface area contributed by atoms with Gasteiger partial charge in [-0.3, -0.25) is 4.90 Å². The summed E-state index contributed by atoms with van der Waals surface area (Å²) in [5.41, 5.74) is 3.27. The molecule has 0 amide bonds. The van der Waals surface area contributed by atoms with Crippen LogP contribution in [0.15, 0.2) is 72.8 Å². The minimum absolute atomic E-state index is 0.256. The summed E-state index contributed by atoms with van der Waals surface area (Å²) >= 11 is 0. The second-order valence-electron chi connectivity index (χ2n) is 7.20. The van der Waals surface area contributed by atoms with Gasteiger partial charge in [0.1, 0.15) is 11.6 Å². The van der Waals surface area contributed by atoms with Gasteiger partial charge in [0.25, 0.3) is 0 Å². The van der Waals surface area contributed by atoms with E-state index in [-0.39, 0.29) is 12.6 Å². The van der Waals surface area contributed by atoms with Crippen molar-refractivity contribution in [2.75, 3.05) is 7.05 Å². The highest BCUT2D eigenvalue weighted by molar-refractivity contribution is 5.40. The number of nitrogens with zero attached hydrogens (tertiary/aromatic N) is 5. The molecule has 4 aromatic rings. The Morgan fingerprint density at radius 2 is 1.70 bits per heavy atom. The first-order valence-corrected chi connectivity index (χ1v) is 9.58. The zero-order valence-corrected chi connectivity index (χ0v) is 16.7. The predicted molar refractivity (Wildman–Crippen MR) is 110 cm³/mol. The number of para-hydroxylation sites is 1. The van der Waals surface area contributed by atoms with E-state index in [1.165, 1.54) is 12.1 Å². The molecule has 0 saturated heterocycles. The maximum Gasteiger partial charge on any atom is 0.178 e. The monoisotopic (exact) mass is 405 g/mol. The highest BCUT2D eigenvalue weighted by atomic mass is 19.1. The van der Waals surface area contributed by atoms with E-state index in [1.54, 1.807) is 4.68 Å². The van der Waals surface area contributed by atoms with Crippen LogP contribution in [0.5, 0.6) is 0 Å². The van der Waals surface area contributed by atoms with Crippen LogP contribution in [0.4, 0.5) is 8.78 Å². The van der Waals surface area contributed by atoms with Crippen LogP contribution in [-0.2, 0) is 6.54 Å². The summed E-state index contributed by atoms with van der Waals surface area (Å²) < 4.78 is 29.3. The summed E-state index contributed by atoms with van der Waals surface area (Å²) in [5.74, 6) is -0.560. The maximum atomic E-state index is 14.3.